The summed E-state index contributed by atoms with van der Waals surface area (Å²) in [6.45, 7) is 7.72. The molecule has 0 radical (unpaired) electrons. The first-order chi connectivity index (χ1) is 14.2. The van der Waals surface area contributed by atoms with Gasteiger partial charge in [-0.3, -0.25) is 9.80 Å². The smallest absolute Gasteiger partial charge is 0.236 e. The lowest BCUT2D eigenvalue weighted by Gasteiger charge is -2.16. The number of benzene rings is 1. The van der Waals surface area contributed by atoms with Gasteiger partial charge in [-0.05, 0) is 34.5 Å². The number of rotatable bonds is 7. The Labute approximate surface area is 188 Å². The molecular formula is C19H26BrClF2N4O3. The van der Waals surface area contributed by atoms with Crippen LogP contribution < -0.4 is 10.1 Å². The van der Waals surface area contributed by atoms with E-state index in [4.69, 9.17) is 21.1 Å². The van der Waals surface area contributed by atoms with Gasteiger partial charge in [-0.15, -0.1) is 0 Å². The third-order valence-corrected chi connectivity index (χ3v) is 4.32. The molecule has 1 aromatic rings. The van der Waals surface area contributed by atoms with Gasteiger partial charge < -0.3 is 19.7 Å². The summed E-state index contributed by atoms with van der Waals surface area (Å²) < 4.78 is 31.4. The Hall–Kier alpha value is -2.20. The van der Waals surface area contributed by atoms with Crippen molar-refractivity contribution >= 4 is 51.0 Å². The molecule has 7 nitrogen and oxygen atoms in total. The number of hydrogen-bond donors (Lipinski definition) is 1. The lowest BCUT2D eigenvalue weighted by atomic mass is 10.1. The van der Waals surface area contributed by atoms with Gasteiger partial charge in [0.2, 0.25) is 12.3 Å². The fraction of sp³-hybridized carbons (Fsp3) is 0.421. The van der Waals surface area contributed by atoms with Gasteiger partial charge in [-0.25, -0.2) is 8.78 Å². The number of para-hydroxylation sites is 1. The van der Waals surface area contributed by atoms with E-state index in [1.165, 1.54) is 29.2 Å². The number of alkyl halides is 1. The van der Waals surface area contributed by atoms with Gasteiger partial charge in [-0.1, -0.05) is 24.2 Å². The molecule has 0 bridgehead atoms. The minimum atomic E-state index is -1.60. The average molecular weight is 512 g/mol. The molecule has 1 aromatic carbocycles. The van der Waals surface area contributed by atoms with Gasteiger partial charge in [0.05, 0.1) is 16.7 Å². The number of likely N-dealkylation sites (tertiary alicyclic amines) is 1. The molecule has 1 saturated heterocycles. The highest BCUT2D eigenvalue weighted by Gasteiger charge is 2.29. The standard InChI is InChI=1S/C14H18F2N2O2.C4H6BrClN2.CH2O/c1-9(15)20-13-11(16)4-3-5-12(13)17-8-10-6-7-18(2)14(10)19;1-4(6)8(2)7-3-5;1-2/h3-5,9-10,17H,6-8H2,1-2H3;3H,1H2,2H3;1H2/b;7-3-;/t9?,10-;;/m0../s1. The molecule has 0 saturated carbocycles. The number of hydrogen-bond acceptors (Lipinski definition) is 6. The molecule has 2 rings (SSSR count). The molecule has 30 heavy (non-hydrogen) atoms. The monoisotopic (exact) mass is 510 g/mol. The number of nitrogens with zero attached hydrogens (tertiary/aromatic N) is 3. The number of carbonyl (C=O) groups is 2. The number of carbonyl (C=O) groups excluding carboxylic acids is 2. The van der Waals surface area contributed by atoms with E-state index in [0.717, 1.165) is 13.0 Å². The van der Waals surface area contributed by atoms with Crippen LogP contribution in [0.3, 0.4) is 0 Å². The Morgan fingerprint density at radius 1 is 1.57 bits per heavy atom. The molecule has 168 valence electrons. The van der Waals surface area contributed by atoms with Gasteiger partial charge in [0.1, 0.15) is 11.9 Å². The first-order valence-corrected chi connectivity index (χ1v) is 10.0. The first-order valence-electron chi connectivity index (χ1n) is 8.75. The normalized spacial score (nSPS) is 16.2. The lowest BCUT2D eigenvalue weighted by Crippen LogP contribution is -2.26. The topological polar surface area (TPSA) is 74.2 Å². The fourth-order valence-corrected chi connectivity index (χ4v) is 2.69. The Balaban J connectivity index is 0.000000712. The number of ether oxygens (including phenoxy) is 1. The second-order valence-corrected chi connectivity index (χ2v) is 6.86. The van der Waals surface area contributed by atoms with Crippen molar-refractivity contribution in [2.24, 2.45) is 11.0 Å². The molecule has 1 heterocycles. The first kappa shape index (κ1) is 27.8. The summed E-state index contributed by atoms with van der Waals surface area (Å²) in [5, 5.41) is 9.98. The number of amides is 1. The average Bonchev–Trinajstić information content (AvgIpc) is 3.02. The summed E-state index contributed by atoms with van der Waals surface area (Å²) in [6.07, 6.45) is -0.848. The van der Waals surface area contributed by atoms with Crippen LogP contribution in [0.15, 0.2) is 35.0 Å². The van der Waals surface area contributed by atoms with E-state index in [1.807, 2.05) is 6.79 Å². The molecule has 0 aromatic heterocycles. The van der Waals surface area contributed by atoms with Crippen LogP contribution in [0.5, 0.6) is 5.75 Å². The molecule has 1 amide bonds. The third kappa shape index (κ3) is 9.53. The van der Waals surface area contributed by atoms with Crippen molar-refractivity contribution < 1.29 is 23.1 Å². The maximum atomic E-state index is 13.6. The highest BCUT2D eigenvalue weighted by atomic mass is 79.9. The van der Waals surface area contributed by atoms with Gasteiger partial charge in [0, 0.05) is 34.1 Å². The van der Waals surface area contributed by atoms with Crippen LogP contribution in [-0.2, 0) is 9.59 Å². The zero-order valence-corrected chi connectivity index (χ0v) is 19.4. The third-order valence-electron chi connectivity index (χ3n) is 3.89. The van der Waals surface area contributed by atoms with Crippen molar-refractivity contribution in [2.75, 3.05) is 32.5 Å². The van der Waals surface area contributed by atoms with E-state index < -0.39 is 12.2 Å². The van der Waals surface area contributed by atoms with Crippen LogP contribution in [0.25, 0.3) is 0 Å². The van der Waals surface area contributed by atoms with E-state index in [-0.39, 0.29) is 17.6 Å². The Kier molecular flexibility index (Phi) is 13.7. The molecule has 1 aliphatic heterocycles. The minimum absolute atomic E-state index is 0.0650. The summed E-state index contributed by atoms with van der Waals surface area (Å²) in [4.78, 5) is 21.4. The van der Waals surface area contributed by atoms with Crippen LogP contribution in [0.4, 0.5) is 14.5 Å². The van der Waals surface area contributed by atoms with E-state index in [9.17, 15) is 13.6 Å². The summed E-state index contributed by atoms with van der Waals surface area (Å²) in [7, 11) is 3.46. The number of halogens is 4. The van der Waals surface area contributed by atoms with Crippen LogP contribution >= 0.6 is 27.5 Å². The molecule has 2 atom stereocenters. The van der Waals surface area contributed by atoms with Crippen LogP contribution in [0, 0.1) is 11.7 Å². The van der Waals surface area contributed by atoms with Gasteiger partial charge >= 0.3 is 0 Å². The van der Waals surface area contributed by atoms with Crippen molar-refractivity contribution in [3.63, 3.8) is 0 Å². The number of anilines is 1. The highest BCUT2D eigenvalue weighted by Crippen LogP contribution is 2.29. The second-order valence-electron chi connectivity index (χ2n) is 6.02. The molecule has 1 N–H and O–H groups in total. The molecule has 1 fully saturated rings. The predicted molar refractivity (Wildman–Crippen MR) is 119 cm³/mol. The maximum absolute atomic E-state index is 13.6. The molecule has 0 aliphatic carbocycles. The predicted octanol–water partition coefficient (Wildman–Crippen LogP) is 4.19. The van der Waals surface area contributed by atoms with E-state index in [2.05, 4.69) is 32.9 Å². The van der Waals surface area contributed by atoms with E-state index in [0.29, 0.717) is 17.4 Å². The summed E-state index contributed by atoms with van der Waals surface area (Å²) in [6, 6.07) is 4.32. The molecule has 1 aliphatic rings. The van der Waals surface area contributed by atoms with Crippen LogP contribution in [0.1, 0.15) is 13.3 Å². The minimum Gasteiger partial charge on any atom is -0.455 e. The Morgan fingerprint density at radius 3 is 2.63 bits per heavy atom. The summed E-state index contributed by atoms with van der Waals surface area (Å²) in [5.74, 6) is -0.857. The van der Waals surface area contributed by atoms with E-state index in [1.54, 1.807) is 25.1 Å². The Morgan fingerprint density at radius 2 is 2.20 bits per heavy atom. The molecular weight excluding hydrogens is 486 g/mol. The SMILES string of the molecule is C=C(Cl)N(C)/N=C\Br.C=O.CC(F)Oc1c(F)cccc1NC[C@@H]1CCN(C)C1=O. The number of nitrogens with one attached hydrogen (secondary N) is 1. The lowest BCUT2D eigenvalue weighted by molar-refractivity contribution is -0.129. The second kappa shape index (κ2) is 14.7. The van der Waals surface area contributed by atoms with Crippen molar-refractivity contribution in [1.29, 1.82) is 0 Å². The zero-order valence-electron chi connectivity index (χ0n) is 17.1. The van der Waals surface area contributed by atoms with Gasteiger partial charge in [-0.2, -0.15) is 5.10 Å². The van der Waals surface area contributed by atoms with Crippen molar-refractivity contribution in [2.45, 2.75) is 19.7 Å². The fourth-order valence-electron chi connectivity index (χ4n) is 2.38. The van der Waals surface area contributed by atoms with Crippen molar-refractivity contribution in [1.82, 2.24) is 9.91 Å². The van der Waals surface area contributed by atoms with Crippen LogP contribution in [-0.4, -0.2) is 61.3 Å². The van der Waals surface area contributed by atoms with Gasteiger partial charge in [0.25, 0.3) is 0 Å². The van der Waals surface area contributed by atoms with Crippen molar-refractivity contribution in [3.05, 3.63) is 35.8 Å². The summed E-state index contributed by atoms with van der Waals surface area (Å²) >= 11 is 8.39. The highest BCUT2D eigenvalue weighted by molar-refractivity contribution is 9.17. The summed E-state index contributed by atoms with van der Waals surface area (Å²) in [5.41, 5.74) is 0.358. The quantitative estimate of drug-likeness (QED) is 0.338. The van der Waals surface area contributed by atoms with Crippen molar-refractivity contribution in [3.8, 4) is 5.75 Å². The van der Waals surface area contributed by atoms with Gasteiger partial charge in [0.15, 0.2) is 11.6 Å². The Bertz CT molecular complexity index is 725. The largest absolute Gasteiger partial charge is 0.455 e. The molecule has 11 heteroatoms. The molecule has 1 unspecified atom stereocenters. The number of hydrazone groups is 1. The molecule has 0 spiro atoms. The maximum Gasteiger partial charge on any atom is 0.236 e. The van der Waals surface area contributed by atoms with E-state index >= 15 is 0 Å². The van der Waals surface area contributed by atoms with Crippen LogP contribution in [0.2, 0.25) is 0 Å². The zero-order chi connectivity index (χ0) is 23.3.